The maximum Gasteiger partial charge on any atom is 0.408 e. The minimum atomic E-state index is -1.07. The molecule has 0 aromatic heterocycles. The highest BCUT2D eigenvalue weighted by Gasteiger charge is 2.28. The van der Waals surface area contributed by atoms with Crippen LogP contribution in [0.1, 0.15) is 38.8 Å². The van der Waals surface area contributed by atoms with Crippen LogP contribution in [-0.4, -0.2) is 30.7 Å². The molecule has 0 saturated heterocycles. The molecule has 2 amide bonds. The Labute approximate surface area is 176 Å². The summed E-state index contributed by atoms with van der Waals surface area (Å²) in [5, 5.41) is 2.54. The SMILES string of the molecule is CCc1ccc(N(C)C(=O)[C@H](Cc2cc(F)cc(F)c2)NC(=O)OC(C)(C)C)cc1. The smallest absolute Gasteiger partial charge is 0.408 e. The van der Waals surface area contributed by atoms with E-state index in [1.165, 1.54) is 4.90 Å². The van der Waals surface area contributed by atoms with E-state index in [0.717, 1.165) is 30.2 Å². The van der Waals surface area contributed by atoms with Crippen molar-refractivity contribution in [3.8, 4) is 0 Å². The largest absolute Gasteiger partial charge is 0.444 e. The lowest BCUT2D eigenvalue weighted by molar-refractivity contribution is -0.120. The standard InChI is InChI=1S/C23H28F2N2O3/c1-6-15-7-9-19(10-8-15)27(5)21(28)20(26-22(29)30-23(2,3)4)13-16-11-17(24)14-18(25)12-16/h7-12,14,20H,6,13H2,1-5H3,(H,26,29)/t20-/m0/s1. The molecular weight excluding hydrogens is 390 g/mol. The zero-order valence-corrected chi connectivity index (χ0v) is 18.0. The predicted octanol–water partition coefficient (Wildman–Crippen LogP) is 4.63. The number of carbonyl (C=O) groups is 2. The molecule has 2 aromatic rings. The molecule has 2 aromatic carbocycles. The fourth-order valence-electron chi connectivity index (χ4n) is 2.93. The Hall–Kier alpha value is -2.96. The Morgan fingerprint density at radius 1 is 1.03 bits per heavy atom. The van der Waals surface area contributed by atoms with Gasteiger partial charge in [0.1, 0.15) is 23.3 Å². The number of aryl methyl sites for hydroxylation is 1. The average molecular weight is 418 g/mol. The number of nitrogens with one attached hydrogen (secondary N) is 1. The Bertz CT molecular complexity index is 872. The van der Waals surface area contributed by atoms with E-state index in [4.69, 9.17) is 4.74 Å². The van der Waals surface area contributed by atoms with Crippen LogP contribution in [0.15, 0.2) is 42.5 Å². The summed E-state index contributed by atoms with van der Waals surface area (Å²) in [5.41, 5.74) is 1.25. The van der Waals surface area contributed by atoms with Crippen molar-refractivity contribution in [2.75, 3.05) is 11.9 Å². The lowest BCUT2D eigenvalue weighted by Gasteiger charge is -2.27. The summed E-state index contributed by atoms with van der Waals surface area (Å²) in [4.78, 5) is 26.8. The fraction of sp³-hybridized carbons (Fsp3) is 0.391. The normalized spacial score (nSPS) is 12.2. The molecule has 162 valence electrons. The third-order valence-corrected chi connectivity index (χ3v) is 4.41. The first-order valence-electron chi connectivity index (χ1n) is 9.79. The quantitative estimate of drug-likeness (QED) is 0.744. The van der Waals surface area contributed by atoms with Crippen molar-refractivity contribution in [1.82, 2.24) is 5.32 Å². The Kier molecular flexibility index (Phi) is 7.54. The van der Waals surface area contributed by atoms with Crippen LogP contribution in [0, 0.1) is 11.6 Å². The highest BCUT2D eigenvalue weighted by Crippen LogP contribution is 2.18. The lowest BCUT2D eigenvalue weighted by atomic mass is 10.0. The van der Waals surface area contributed by atoms with Crippen molar-refractivity contribution >= 4 is 17.7 Å². The van der Waals surface area contributed by atoms with Crippen LogP contribution < -0.4 is 10.2 Å². The second-order valence-electron chi connectivity index (χ2n) is 8.10. The van der Waals surface area contributed by atoms with Gasteiger partial charge in [0.2, 0.25) is 5.91 Å². The van der Waals surface area contributed by atoms with Gasteiger partial charge in [-0.2, -0.15) is 0 Å². The Morgan fingerprint density at radius 2 is 1.60 bits per heavy atom. The zero-order chi connectivity index (χ0) is 22.5. The molecule has 5 nitrogen and oxygen atoms in total. The van der Waals surface area contributed by atoms with Gasteiger partial charge in [0.25, 0.3) is 0 Å². The van der Waals surface area contributed by atoms with E-state index in [9.17, 15) is 18.4 Å². The minimum Gasteiger partial charge on any atom is -0.444 e. The van der Waals surface area contributed by atoms with E-state index in [1.807, 2.05) is 31.2 Å². The van der Waals surface area contributed by atoms with Crippen LogP contribution >= 0.6 is 0 Å². The number of hydrogen-bond donors (Lipinski definition) is 1. The maximum absolute atomic E-state index is 13.6. The molecule has 0 aliphatic rings. The second-order valence-corrected chi connectivity index (χ2v) is 8.10. The first kappa shape index (κ1) is 23.3. The van der Waals surface area contributed by atoms with Gasteiger partial charge in [0.05, 0.1) is 0 Å². The van der Waals surface area contributed by atoms with Crippen LogP contribution in [0.2, 0.25) is 0 Å². The number of halogens is 2. The molecule has 7 heteroatoms. The average Bonchev–Trinajstić information content (AvgIpc) is 2.64. The third-order valence-electron chi connectivity index (χ3n) is 4.41. The van der Waals surface area contributed by atoms with Gasteiger partial charge in [0, 0.05) is 25.2 Å². The summed E-state index contributed by atoms with van der Waals surface area (Å²) >= 11 is 0. The third kappa shape index (κ3) is 6.83. The van der Waals surface area contributed by atoms with Crippen molar-refractivity contribution in [2.45, 2.75) is 52.2 Å². The number of alkyl carbamates (subject to hydrolysis) is 1. The van der Waals surface area contributed by atoms with Crippen molar-refractivity contribution < 1.29 is 23.1 Å². The van der Waals surface area contributed by atoms with E-state index in [2.05, 4.69) is 5.32 Å². The van der Waals surface area contributed by atoms with Crippen LogP contribution in [0.25, 0.3) is 0 Å². The molecule has 0 radical (unpaired) electrons. The molecule has 1 atom stereocenters. The van der Waals surface area contributed by atoms with Crippen LogP contribution in [0.3, 0.4) is 0 Å². The second kappa shape index (κ2) is 9.69. The number of carbonyl (C=O) groups excluding carboxylic acids is 2. The van der Waals surface area contributed by atoms with Gasteiger partial charge in [-0.25, -0.2) is 13.6 Å². The van der Waals surface area contributed by atoms with Gasteiger partial charge in [-0.3, -0.25) is 4.79 Å². The van der Waals surface area contributed by atoms with Crippen molar-refractivity contribution in [1.29, 1.82) is 0 Å². The number of ether oxygens (including phenoxy) is 1. The monoisotopic (exact) mass is 418 g/mol. The summed E-state index contributed by atoms with van der Waals surface area (Å²) in [6.07, 6.45) is -0.0109. The van der Waals surface area contributed by atoms with Gasteiger partial charge in [0.15, 0.2) is 0 Å². The molecule has 0 spiro atoms. The first-order valence-corrected chi connectivity index (χ1v) is 9.79. The van der Waals surface area contributed by atoms with Gasteiger partial charge in [-0.1, -0.05) is 19.1 Å². The molecule has 0 aliphatic heterocycles. The first-order chi connectivity index (χ1) is 14.0. The molecule has 0 heterocycles. The van der Waals surface area contributed by atoms with E-state index in [1.54, 1.807) is 27.8 Å². The van der Waals surface area contributed by atoms with Gasteiger partial charge in [-0.05, 0) is 62.6 Å². The summed E-state index contributed by atoms with van der Waals surface area (Å²) in [7, 11) is 1.58. The van der Waals surface area contributed by atoms with Gasteiger partial charge in [-0.15, -0.1) is 0 Å². The van der Waals surface area contributed by atoms with E-state index < -0.39 is 35.3 Å². The van der Waals surface area contributed by atoms with Crippen LogP contribution in [0.5, 0.6) is 0 Å². The molecule has 30 heavy (non-hydrogen) atoms. The number of likely N-dealkylation sites (N-methyl/N-ethyl adjacent to an activating group) is 1. The Balaban J connectivity index is 2.27. The predicted molar refractivity (Wildman–Crippen MR) is 112 cm³/mol. The fourth-order valence-corrected chi connectivity index (χ4v) is 2.93. The van der Waals surface area contributed by atoms with Crippen molar-refractivity contribution in [2.24, 2.45) is 0 Å². The highest BCUT2D eigenvalue weighted by molar-refractivity contribution is 5.98. The number of nitrogens with zero attached hydrogens (tertiary/aromatic N) is 1. The number of amides is 2. The minimum absolute atomic E-state index is 0.0931. The molecule has 0 bridgehead atoms. The van der Waals surface area contributed by atoms with Crippen LogP contribution in [-0.2, 0) is 22.4 Å². The van der Waals surface area contributed by atoms with Crippen molar-refractivity contribution in [3.63, 3.8) is 0 Å². The maximum atomic E-state index is 13.6. The lowest BCUT2D eigenvalue weighted by Crippen LogP contribution is -2.50. The summed E-state index contributed by atoms with van der Waals surface area (Å²) in [5.74, 6) is -1.94. The number of benzene rings is 2. The molecule has 2 rings (SSSR count). The van der Waals surface area contributed by atoms with E-state index in [0.29, 0.717) is 5.69 Å². The number of rotatable bonds is 6. The van der Waals surface area contributed by atoms with Gasteiger partial charge >= 0.3 is 6.09 Å². The molecule has 0 fully saturated rings. The van der Waals surface area contributed by atoms with Crippen molar-refractivity contribution in [3.05, 3.63) is 65.2 Å². The molecule has 0 unspecified atom stereocenters. The molecule has 0 aliphatic carbocycles. The Morgan fingerprint density at radius 3 is 2.10 bits per heavy atom. The summed E-state index contributed by atoms with van der Waals surface area (Å²) in [6.45, 7) is 7.13. The molecule has 0 saturated carbocycles. The summed E-state index contributed by atoms with van der Waals surface area (Å²) < 4.78 is 32.5. The topological polar surface area (TPSA) is 58.6 Å². The molecule has 1 N–H and O–H groups in total. The number of anilines is 1. The molecular formula is C23H28F2N2O3. The number of hydrogen-bond acceptors (Lipinski definition) is 3. The van der Waals surface area contributed by atoms with Crippen LogP contribution in [0.4, 0.5) is 19.3 Å². The van der Waals surface area contributed by atoms with Gasteiger partial charge < -0.3 is 15.0 Å². The van der Waals surface area contributed by atoms with E-state index >= 15 is 0 Å². The summed E-state index contributed by atoms with van der Waals surface area (Å²) in [6, 6.07) is 9.40. The highest BCUT2D eigenvalue weighted by atomic mass is 19.1. The zero-order valence-electron chi connectivity index (χ0n) is 18.0. The van der Waals surface area contributed by atoms with E-state index in [-0.39, 0.29) is 12.0 Å².